The number of hydrogen-bond acceptors (Lipinski definition) is 5. The number of carbonyl (C=O) groups is 1. The minimum atomic E-state index is -0.281. The average Bonchev–Trinajstić information content (AvgIpc) is 3.22. The molecular weight excluding hydrogens is 484 g/mol. The Labute approximate surface area is 228 Å². The minimum absolute atomic E-state index is 0.281. The monoisotopic (exact) mass is 516 g/mol. The van der Waals surface area contributed by atoms with Crippen LogP contribution in [-0.4, -0.2) is 44.1 Å². The normalized spacial score (nSPS) is 14.3. The van der Waals surface area contributed by atoms with Crippen LogP contribution in [-0.2, 0) is 6.54 Å². The molecule has 1 amide bonds. The van der Waals surface area contributed by atoms with Crippen molar-refractivity contribution in [3.8, 4) is 22.4 Å². The summed E-state index contributed by atoms with van der Waals surface area (Å²) in [6, 6.07) is 20.1. The lowest BCUT2D eigenvalue weighted by Gasteiger charge is -2.19. The van der Waals surface area contributed by atoms with Crippen LogP contribution in [0.5, 0.6) is 0 Å². The highest BCUT2D eigenvalue weighted by atomic mass is 16.1. The van der Waals surface area contributed by atoms with Crippen molar-refractivity contribution in [2.45, 2.75) is 39.2 Å². The van der Waals surface area contributed by atoms with E-state index in [1.54, 1.807) is 6.20 Å². The van der Waals surface area contributed by atoms with Crippen molar-refractivity contribution in [3.05, 3.63) is 96.1 Å². The van der Waals surface area contributed by atoms with E-state index in [2.05, 4.69) is 49.4 Å². The number of hydrogen-bond donors (Lipinski definition) is 2. The molecule has 6 rings (SSSR count). The molecule has 1 fully saturated rings. The highest BCUT2D eigenvalue weighted by Gasteiger charge is 2.16. The standard InChI is InChI=1S/C32H32N6O/c1-22-8-4-5-9-27(22)29-13-11-26(20-34-29)35-32(39)31-28-17-24(10-12-30(28)36-37-31)25-16-23(18-33-19-25)21-38-14-6-2-3-7-15-38/h4-5,8-13,16-20H,2-3,6-7,14-15,21H2,1H3,(H,35,39)(H,36,37). The molecule has 0 saturated carbocycles. The largest absolute Gasteiger partial charge is 0.319 e. The Kier molecular flexibility index (Phi) is 7.15. The fourth-order valence-corrected chi connectivity index (χ4v) is 5.33. The topological polar surface area (TPSA) is 86.8 Å². The Balaban J connectivity index is 1.21. The van der Waals surface area contributed by atoms with Crippen molar-refractivity contribution in [1.29, 1.82) is 0 Å². The summed E-state index contributed by atoms with van der Waals surface area (Å²) in [4.78, 5) is 24.8. The smallest absolute Gasteiger partial charge is 0.276 e. The Morgan fingerprint density at radius 3 is 2.56 bits per heavy atom. The first kappa shape index (κ1) is 24.9. The summed E-state index contributed by atoms with van der Waals surface area (Å²) in [5, 5.41) is 11.0. The van der Waals surface area contributed by atoms with Gasteiger partial charge in [0.05, 0.1) is 23.1 Å². The maximum atomic E-state index is 13.2. The van der Waals surface area contributed by atoms with Gasteiger partial charge in [0.25, 0.3) is 5.91 Å². The Hall–Kier alpha value is -4.36. The summed E-state index contributed by atoms with van der Waals surface area (Å²) >= 11 is 0. The quantitative estimate of drug-likeness (QED) is 0.265. The number of nitrogens with one attached hydrogen (secondary N) is 2. The second kappa shape index (κ2) is 11.2. The van der Waals surface area contributed by atoms with E-state index in [1.807, 2.05) is 60.9 Å². The molecule has 0 bridgehead atoms. The summed E-state index contributed by atoms with van der Waals surface area (Å²) in [5.41, 5.74) is 8.13. The van der Waals surface area contributed by atoms with Gasteiger partial charge in [-0.1, -0.05) is 43.2 Å². The van der Waals surface area contributed by atoms with Gasteiger partial charge < -0.3 is 5.32 Å². The maximum absolute atomic E-state index is 13.2. The van der Waals surface area contributed by atoms with Crippen molar-refractivity contribution >= 4 is 22.5 Å². The van der Waals surface area contributed by atoms with Crippen molar-refractivity contribution in [3.63, 3.8) is 0 Å². The highest BCUT2D eigenvalue weighted by Crippen LogP contribution is 2.27. The van der Waals surface area contributed by atoms with Crippen LogP contribution in [0.4, 0.5) is 5.69 Å². The molecule has 39 heavy (non-hydrogen) atoms. The summed E-state index contributed by atoms with van der Waals surface area (Å²) in [6.07, 6.45) is 10.7. The van der Waals surface area contributed by atoms with E-state index in [4.69, 9.17) is 0 Å². The number of nitrogens with zero attached hydrogens (tertiary/aromatic N) is 4. The molecule has 0 spiro atoms. The van der Waals surface area contributed by atoms with E-state index in [1.165, 1.54) is 31.2 Å². The third kappa shape index (κ3) is 5.59. The molecule has 7 nitrogen and oxygen atoms in total. The number of H-pyrrole nitrogens is 1. The zero-order valence-corrected chi connectivity index (χ0v) is 22.2. The van der Waals surface area contributed by atoms with Crippen LogP contribution in [0.3, 0.4) is 0 Å². The molecule has 2 N–H and O–H groups in total. The molecule has 1 aliphatic heterocycles. The lowest BCUT2D eigenvalue weighted by atomic mass is 10.0. The maximum Gasteiger partial charge on any atom is 0.276 e. The van der Waals surface area contributed by atoms with Gasteiger partial charge in [0.2, 0.25) is 0 Å². The van der Waals surface area contributed by atoms with Crippen LogP contribution in [0.1, 0.15) is 47.3 Å². The number of aryl methyl sites for hydroxylation is 1. The number of amides is 1. The average molecular weight is 517 g/mol. The zero-order chi connectivity index (χ0) is 26.6. The van der Waals surface area contributed by atoms with Gasteiger partial charge >= 0.3 is 0 Å². The van der Waals surface area contributed by atoms with Crippen molar-refractivity contribution in [2.24, 2.45) is 0 Å². The van der Waals surface area contributed by atoms with E-state index in [0.29, 0.717) is 11.4 Å². The lowest BCUT2D eigenvalue weighted by Crippen LogP contribution is -2.24. The SMILES string of the molecule is Cc1ccccc1-c1ccc(NC(=O)c2n[nH]c3ccc(-c4cncc(CN5CCCCCC5)c4)cc23)cn1. The van der Waals surface area contributed by atoms with Crippen LogP contribution >= 0.6 is 0 Å². The van der Waals surface area contributed by atoms with Crippen LogP contribution in [0, 0.1) is 6.92 Å². The molecule has 0 aliphatic carbocycles. The number of aromatic amines is 1. The second-order valence-corrected chi connectivity index (χ2v) is 10.3. The summed E-state index contributed by atoms with van der Waals surface area (Å²) in [6.45, 7) is 5.27. The number of pyridine rings is 2. The number of benzene rings is 2. The predicted octanol–water partition coefficient (Wildman–Crippen LogP) is 6.62. The molecule has 1 saturated heterocycles. The van der Waals surface area contributed by atoms with Crippen LogP contribution in [0.25, 0.3) is 33.3 Å². The molecule has 0 atom stereocenters. The van der Waals surface area contributed by atoms with Gasteiger partial charge in [0.1, 0.15) is 0 Å². The first-order valence-corrected chi connectivity index (χ1v) is 13.6. The molecule has 0 unspecified atom stereocenters. The first-order valence-electron chi connectivity index (χ1n) is 13.6. The third-order valence-electron chi connectivity index (χ3n) is 7.45. The summed E-state index contributed by atoms with van der Waals surface area (Å²) in [7, 11) is 0. The molecule has 7 heteroatoms. The Morgan fingerprint density at radius 2 is 1.77 bits per heavy atom. The van der Waals surface area contributed by atoms with Gasteiger partial charge in [0, 0.05) is 35.5 Å². The third-order valence-corrected chi connectivity index (χ3v) is 7.45. The van der Waals surface area contributed by atoms with E-state index in [-0.39, 0.29) is 5.91 Å². The van der Waals surface area contributed by atoms with Crippen LogP contribution in [0.2, 0.25) is 0 Å². The van der Waals surface area contributed by atoms with Gasteiger partial charge in [-0.05, 0) is 79.9 Å². The van der Waals surface area contributed by atoms with Gasteiger partial charge in [-0.15, -0.1) is 0 Å². The number of anilines is 1. The number of carbonyl (C=O) groups excluding carboxylic acids is 1. The van der Waals surface area contributed by atoms with Gasteiger partial charge in [-0.25, -0.2) is 0 Å². The molecule has 5 aromatic rings. The molecule has 3 aromatic heterocycles. The van der Waals surface area contributed by atoms with Crippen molar-refractivity contribution in [2.75, 3.05) is 18.4 Å². The van der Waals surface area contributed by atoms with Gasteiger partial charge in [-0.2, -0.15) is 5.10 Å². The predicted molar refractivity (Wildman–Crippen MR) is 155 cm³/mol. The summed E-state index contributed by atoms with van der Waals surface area (Å²) < 4.78 is 0. The molecular formula is C32H32N6O. The van der Waals surface area contributed by atoms with Crippen molar-refractivity contribution < 1.29 is 4.79 Å². The van der Waals surface area contributed by atoms with E-state index in [0.717, 1.165) is 58.5 Å². The number of fused-ring (bicyclic) bond motifs is 1. The van der Waals surface area contributed by atoms with E-state index < -0.39 is 0 Å². The van der Waals surface area contributed by atoms with Gasteiger partial charge in [0.15, 0.2) is 5.69 Å². The Bertz CT molecular complexity index is 1600. The van der Waals surface area contributed by atoms with E-state index >= 15 is 0 Å². The molecule has 1 aliphatic rings. The lowest BCUT2D eigenvalue weighted by molar-refractivity contribution is 0.102. The van der Waals surface area contributed by atoms with E-state index in [9.17, 15) is 4.79 Å². The van der Waals surface area contributed by atoms with Crippen molar-refractivity contribution in [1.82, 2.24) is 25.1 Å². The van der Waals surface area contributed by atoms with Crippen LogP contribution < -0.4 is 5.32 Å². The summed E-state index contributed by atoms with van der Waals surface area (Å²) in [5.74, 6) is -0.281. The fraction of sp³-hybridized carbons (Fsp3) is 0.250. The van der Waals surface area contributed by atoms with Gasteiger partial charge in [-0.3, -0.25) is 24.8 Å². The number of likely N-dealkylation sites (tertiary alicyclic amines) is 1. The Morgan fingerprint density at radius 1 is 0.923 bits per heavy atom. The molecule has 196 valence electrons. The minimum Gasteiger partial charge on any atom is -0.319 e. The number of rotatable bonds is 6. The highest BCUT2D eigenvalue weighted by molar-refractivity contribution is 6.11. The number of aromatic nitrogens is 4. The first-order chi connectivity index (χ1) is 19.1. The zero-order valence-electron chi connectivity index (χ0n) is 22.2. The molecule has 2 aromatic carbocycles. The van der Waals surface area contributed by atoms with Crippen LogP contribution in [0.15, 0.2) is 79.3 Å². The second-order valence-electron chi connectivity index (χ2n) is 10.3. The fourth-order valence-electron chi connectivity index (χ4n) is 5.33. The molecule has 4 heterocycles. The molecule has 0 radical (unpaired) electrons.